The fourth-order valence-electron chi connectivity index (χ4n) is 2.02. The number of carbonyl (C=O) groups excluding carboxylic acids is 1. The topological polar surface area (TPSA) is 33.5 Å². The average Bonchev–Trinajstić information content (AvgIpc) is 2.42. The highest BCUT2D eigenvalue weighted by molar-refractivity contribution is 9.10. The van der Waals surface area contributed by atoms with Gasteiger partial charge in [0, 0.05) is 15.7 Å². The van der Waals surface area contributed by atoms with Crippen LogP contribution in [0.4, 0.5) is 5.69 Å². The normalized spacial score (nSPS) is 11.9. The van der Waals surface area contributed by atoms with E-state index in [1.807, 2.05) is 49.5 Å². The molecule has 20 heavy (non-hydrogen) atoms. The molecule has 2 N–H and O–H groups in total. The quantitative estimate of drug-likeness (QED) is 0.863. The average molecular weight is 334 g/mol. The SMILES string of the molecule is C[NH+](CC(=O)Nc1ccc(Br)cc1)Cc1ccccc1. The predicted octanol–water partition coefficient (Wildman–Crippen LogP) is 2.10. The van der Waals surface area contributed by atoms with Gasteiger partial charge in [0.25, 0.3) is 5.91 Å². The maximum atomic E-state index is 12.0. The van der Waals surface area contributed by atoms with E-state index < -0.39 is 0 Å². The first kappa shape index (κ1) is 14.8. The van der Waals surface area contributed by atoms with Gasteiger partial charge < -0.3 is 10.2 Å². The second kappa shape index (κ2) is 7.22. The third kappa shape index (κ3) is 4.79. The molecule has 0 aromatic heterocycles. The summed E-state index contributed by atoms with van der Waals surface area (Å²) in [6.07, 6.45) is 0. The molecule has 0 aliphatic rings. The Balaban J connectivity index is 1.83. The van der Waals surface area contributed by atoms with E-state index in [4.69, 9.17) is 0 Å². The number of benzene rings is 2. The maximum Gasteiger partial charge on any atom is 0.279 e. The fourth-order valence-corrected chi connectivity index (χ4v) is 2.28. The summed E-state index contributed by atoms with van der Waals surface area (Å²) in [4.78, 5) is 13.1. The molecule has 2 aromatic rings. The zero-order valence-corrected chi connectivity index (χ0v) is 13.0. The van der Waals surface area contributed by atoms with Crippen LogP contribution in [-0.4, -0.2) is 19.5 Å². The smallest absolute Gasteiger partial charge is 0.279 e. The molecule has 0 heterocycles. The highest BCUT2D eigenvalue weighted by Crippen LogP contribution is 2.13. The molecule has 1 amide bonds. The molecular formula is C16H18BrN2O+. The number of amides is 1. The first-order valence-corrected chi connectivity index (χ1v) is 7.33. The molecule has 1 atom stereocenters. The Hall–Kier alpha value is -1.65. The highest BCUT2D eigenvalue weighted by Gasteiger charge is 2.10. The molecule has 2 rings (SSSR count). The van der Waals surface area contributed by atoms with Gasteiger partial charge in [-0.1, -0.05) is 46.3 Å². The Kier molecular flexibility index (Phi) is 5.32. The summed E-state index contributed by atoms with van der Waals surface area (Å²) < 4.78 is 1.00. The summed E-state index contributed by atoms with van der Waals surface area (Å²) in [5.41, 5.74) is 2.06. The van der Waals surface area contributed by atoms with E-state index in [-0.39, 0.29) is 5.91 Å². The third-order valence-corrected chi connectivity index (χ3v) is 3.47. The Morgan fingerprint density at radius 1 is 1.10 bits per heavy atom. The summed E-state index contributed by atoms with van der Waals surface area (Å²) in [5.74, 6) is 0.0285. The van der Waals surface area contributed by atoms with Crippen LogP contribution in [0.2, 0.25) is 0 Å². The zero-order chi connectivity index (χ0) is 14.4. The van der Waals surface area contributed by atoms with Gasteiger partial charge in [0.15, 0.2) is 6.54 Å². The van der Waals surface area contributed by atoms with Crippen molar-refractivity contribution in [1.82, 2.24) is 0 Å². The van der Waals surface area contributed by atoms with Gasteiger partial charge in [-0.3, -0.25) is 4.79 Å². The van der Waals surface area contributed by atoms with Gasteiger partial charge >= 0.3 is 0 Å². The standard InChI is InChI=1S/C16H17BrN2O/c1-19(11-13-5-3-2-4-6-13)12-16(20)18-15-9-7-14(17)8-10-15/h2-10H,11-12H2,1H3,(H,18,20)/p+1. The number of rotatable bonds is 5. The van der Waals surface area contributed by atoms with E-state index in [2.05, 4.69) is 33.4 Å². The molecule has 0 aliphatic carbocycles. The number of hydrogen-bond acceptors (Lipinski definition) is 1. The van der Waals surface area contributed by atoms with Crippen molar-refractivity contribution >= 4 is 27.5 Å². The van der Waals surface area contributed by atoms with Crippen molar-refractivity contribution in [2.75, 3.05) is 18.9 Å². The molecule has 2 aromatic carbocycles. The van der Waals surface area contributed by atoms with Crippen molar-refractivity contribution in [3.63, 3.8) is 0 Å². The molecule has 0 bridgehead atoms. The van der Waals surface area contributed by atoms with Crippen LogP contribution in [0, 0.1) is 0 Å². The van der Waals surface area contributed by atoms with Gasteiger partial charge in [-0.25, -0.2) is 0 Å². The van der Waals surface area contributed by atoms with Crippen LogP contribution >= 0.6 is 15.9 Å². The first-order chi connectivity index (χ1) is 9.63. The summed E-state index contributed by atoms with van der Waals surface area (Å²) in [6, 6.07) is 17.8. The molecule has 0 spiro atoms. The van der Waals surface area contributed by atoms with Crippen LogP contribution in [-0.2, 0) is 11.3 Å². The second-order valence-corrected chi connectivity index (χ2v) is 5.77. The largest absolute Gasteiger partial charge is 0.326 e. The lowest BCUT2D eigenvalue weighted by atomic mass is 10.2. The predicted molar refractivity (Wildman–Crippen MR) is 84.7 cm³/mol. The number of carbonyl (C=O) groups is 1. The lowest BCUT2D eigenvalue weighted by Crippen LogP contribution is -3.08. The molecule has 0 radical (unpaired) electrons. The van der Waals surface area contributed by atoms with Crippen molar-refractivity contribution in [2.24, 2.45) is 0 Å². The molecule has 1 unspecified atom stereocenters. The number of halogens is 1. The molecule has 4 heteroatoms. The van der Waals surface area contributed by atoms with E-state index in [1.165, 1.54) is 5.56 Å². The summed E-state index contributed by atoms with van der Waals surface area (Å²) >= 11 is 3.37. The Morgan fingerprint density at radius 2 is 1.75 bits per heavy atom. The highest BCUT2D eigenvalue weighted by atomic mass is 79.9. The molecule has 0 aliphatic heterocycles. The van der Waals surface area contributed by atoms with Crippen LogP contribution in [0.1, 0.15) is 5.56 Å². The molecule has 0 saturated heterocycles. The van der Waals surface area contributed by atoms with E-state index in [0.717, 1.165) is 21.6 Å². The minimum Gasteiger partial charge on any atom is -0.326 e. The summed E-state index contributed by atoms with van der Waals surface area (Å²) in [5, 5.41) is 2.91. The van der Waals surface area contributed by atoms with E-state index in [9.17, 15) is 4.79 Å². The number of anilines is 1. The van der Waals surface area contributed by atoms with Gasteiger partial charge in [-0.15, -0.1) is 0 Å². The van der Waals surface area contributed by atoms with Crippen molar-refractivity contribution in [2.45, 2.75) is 6.54 Å². The molecular weight excluding hydrogens is 316 g/mol. The Morgan fingerprint density at radius 3 is 2.40 bits per heavy atom. The van der Waals surface area contributed by atoms with Crippen LogP contribution in [0.5, 0.6) is 0 Å². The lowest BCUT2D eigenvalue weighted by molar-refractivity contribution is -0.885. The summed E-state index contributed by atoms with van der Waals surface area (Å²) in [7, 11) is 2.02. The number of likely N-dealkylation sites (N-methyl/N-ethyl adjacent to an activating group) is 1. The van der Waals surface area contributed by atoms with E-state index in [0.29, 0.717) is 6.54 Å². The van der Waals surface area contributed by atoms with Gasteiger partial charge in [0.1, 0.15) is 6.54 Å². The van der Waals surface area contributed by atoms with E-state index >= 15 is 0 Å². The molecule has 0 saturated carbocycles. The lowest BCUT2D eigenvalue weighted by Gasteiger charge is -2.14. The van der Waals surface area contributed by atoms with Gasteiger partial charge in [0.05, 0.1) is 7.05 Å². The Labute approximate surface area is 127 Å². The number of quaternary nitrogens is 1. The zero-order valence-electron chi connectivity index (χ0n) is 11.4. The van der Waals surface area contributed by atoms with Crippen LogP contribution in [0.25, 0.3) is 0 Å². The number of nitrogens with one attached hydrogen (secondary N) is 2. The van der Waals surface area contributed by atoms with Gasteiger partial charge in [-0.05, 0) is 24.3 Å². The summed E-state index contributed by atoms with van der Waals surface area (Å²) in [6.45, 7) is 1.29. The number of hydrogen-bond donors (Lipinski definition) is 2. The minimum absolute atomic E-state index is 0.0285. The van der Waals surface area contributed by atoms with Crippen molar-refractivity contribution in [3.8, 4) is 0 Å². The molecule has 0 fully saturated rings. The van der Waals surface area contributed by atoms with Crippen molar-refractivity contribution in [3.05, 3.63) is 64.6 Å². The first-order valence-electron chi connectivity index (χ1n) is 6.54. The third-order valence-electron chi connectivity index (χ3n) is 2.94. The maximum absolute atomic E-state index is 12.0. The van der Waals surface area contributed by atoms with Crippen LogP contribution in [0.15, 0.2) is 59.1 Å². The fraction of sp³-hybridized carbons (Fsp3) is 0.188. The van der Waals surface area contributed by atoms with E-state index in [1.54, 1.807) is 0 Å². The molecule has 104 valence electrons. The second-order valence-electron chi connectivity index (χ2n) is 4.85. The minimum atomic E-state index is 0.0285. The molecule has 3 nitrogen and oxygen atoms in total. The monoisotopic (exact) mass is 333 g/mol. The van der Waals surface area contributed by atoms with Gasteiger partial charge in [0.2, 0.25) is 0 Å². The Bertz CT molecular complexity index is 554. The van der Waals surface area contributed by atoms with Gasteiger partial charge in [-0.2, -0.15) is 0 Å². The van der Waals surface area contributed by atoms with Crippen LogP contribution in [0.3, 0.4) is 0 Å². The van der Waals surface area contributed by atoms with Crippen molar-refractivity contribution in [1.29, 1.82) is 0 Å². The van der Waals surface area contributed by atoms with Crippen molar-refractivity contribution < 1.29 is 9.69 Å². The van der Waals surface area contributed by atoms with Crippen LogP contribution < -0.4 is 10.2 Å².